The summed E-state index contributed by atoms with van der Waals surface area (Å²) in [6, 6.07) is 9.88. The molecule has 1 heterocycles. The number of aromatic nitrogens is 1. The Hall–Kier alpha value is -1.19. The molecule has 17 heavy (non-hydrogen) atoms. The summed E-state index contributed by atoms with van der Waals surface area (Å²) in [6.07, 6.45) is 1.67. The maximum absolute atomic E-state index is 6.17. The summed E-state index contributed by atoms with van der Waals surface area (Å²) in [5.74, 6) is 0.816. The van der Waals surface area contributed by atoms with Gasteiger partial charge in [-0.05, 0) is 36.2 Å². The summed E-state index contributed by atoms with van der Waals surface area (Å²) >= 11 is 7.82. The van der Waals surface area contributed by atoms with Gasteiger partial charge in [-0.3, -0.25) is 0 Å². The van der Waals surface area contributed by atoms with Crippen LogP contribution in [0.5, 0.6) is 0 Å². The molecule has 0 atom stereocenters. The fourth-order valence-corrected chi connectivity index (χ4v) is 2.63. The van der Waals surface area contributed by atoms with Crippen molar-refractivity contribution in [1.29, 1.82) is 0 Å². The number of anilines is 1. The Kier molecular flexibility index (Phi) is 3.92. The summed E-state index contributed by atoms with van der Waals surface area (Å²) < 4.78 is 0. The predicted octanol–water partition coefficient (Wildman–Crippen LogP) is 3.92. The molecule has 4 heteroatoms. The molecule has 2 aromatic rings. The van der Waals surface area contributed by atoms with Gasteiger partial charge >= 0.3 is 0 Å². The highest BCUT2D eigenvalue weighted by Crippen LogP contribution is 2.26. The molecule has 0 spiro atoms. The van der Waals surface area contributed by atoms with Crippen molar-refractivity contribution in [2.75, 3.05) is 5.73 Å². The van der Waals surface area contributed by atoms with E-state index in [2.05, 4.69) is 17.1 Å². The van der Waals surface area contributed by atoms with Gasteiger partial charge < -0.3 is 5.73 Å². The van der Waals surface area contributed by atoms with Crippen LogP contribution in [-0.2, 0) is 5.75 Å². The lowest BCUT2D eigenvalue weighted by atomic mass is 10.2. The number of benzene rings is 1. The second kappa shape index (κ2) is 5.43. The van der Waals surface area contributed by atoms with Gasteiger partial charge in [0.25, 0.3) is 0 Å². The van der Waals surface area contributed by atoms with Gasteiger partial charge in [0, 0.05) is 10.8 Å². The topological polar surface area (TPSA) is 38.9 Å². The number of halogens is 1. The molecule has 0 bridgehead atoms. The van der Waals surface area contributed by atoms with E-state index in [0.717, 1.165) is 21.4 Å². The summed E-state index contributed by atoms with van der Waals surface area (Å²) in [7, 11) is 0. The SMILES string of the molecule is Cc1ccc(CSc2ccc(N)cn2)c(Cl)c1. The first-order valence-corrected chi connectivity index (χ1v) is 6.61. The van der Waals surface area contributed by atoms with Crippen molar-refractivity contribution in [2.24, 2.45) is 0 Å². The molecule has 0 saturated carbocycles. The Balaban J connectivity index is 2.04. The average molecular weight is 265 g/mol. The van der Waals surface area contributed by atoms with Crippen molar-refractivity contribution in [3.63, 3.8) is 0 Å². The highest BCUT2D eigenvalue weighted by Gasteiger charge is 2.02. The number of pyridine rings is 1. The molecular formula is C13H13ClN2S. The summed E-state index contributed by atoms with van der Waals surface area (Å²) in [6.45, 7) is 2.03. The Morgan fingerprint density at radius 1 is 1.29 bits per heavy atom. The normalized spacial score (nSPS) is 10.5. The summed E-state index contributed by atoms with van der Waals surface area (Å²) in [5, 5.41) is 1.77. The summed E-state index contributed by atoms with van der Waals surface area (Å²) in [5.41, 5.74) is 8.57. The van der Waals surface area contributed by atoms with Crippen LogP contribution in [0.1, 0.15) is 11.1 Å². The van der Waals surface area contributed by atoms with Gasteiger partial charge in [-0.25, -0.2) is 4.98 Å². The Morgan fingerprint density at radius 2 is 2.12 bits per heavy atom. The highest BCUT2D eigenvalue weighted by molar-refractivity contribution is 7.98. The third kappa shape index (κ3) is 3.38. The van der Waals surface area contributed by atoms with Crippen LogP contribution in [0.4, 0.5) is 5.69 Å². The van der Waals surface area contributed by atoms with Crippen LogP contribution < -0.4 is 5.73 Å². The monoisotopic (exact) mass is 264 g/mol. The molecule has 0 radical (unpaired) electrons. The number of thioether (sulfide) groups is 1. The maximum Gasteiger partial charge on any atom is 0.0964 e. The Bertz CT molecular complexity index is 511. The van der Waals surface area contributed by atoms with Crippen LogP contribution in [-0.4, -0.2) is 4.98 Å². The lowest BCUT2D eigenvalue weighted by Gasteiger charge is -2.05. The first-order chi connectivity index (χ1) is 8.15. The van der Waals surface area contributed by atoms with Crippen molar-refractivity contribution in [2.45, 2.75) is 17.7 Å². The molecule has 0 unspecified atom stereocenters. The quantitative estimate of drug-likeness (QED) is 0.854. The number of nitrogens with zero attached hydrogens (tertiary/aromatic N) is 1. The molecule has 2 rings (SSSR count). The van der Waals surface area contributed by atoms with Crippen LogP contribution in [0, 0.1) is 6.92 Å². The number of nitrogens with two attached hydrogens (primary N) is 1. The molecule has 1 aromatic carbocycles. The van der Waals surface area contributed by atoms with Crippen LogP contribution >= 0.6 is 23.4 Å². The Morgan fingerprint density at radius 3 is 2.76 bits per heavy atom. The smallest absolute Gasteiger partial charge is 0.0964 e. The number of hydrogen-bond acceptors (Lipinski definition) is 3. The fourth-order valence-electron chi connectivity index (χ4n) is 1.40. The summed E-state index contributed by atoms with van der Waals surface area (Å²) in [4.78, 5) is 4.24. The van der Waals surface area contributed by atoms with Crippen LogP contribution in [0.25, 0.3) is 0 Å². The first kappa shape index (κ1) is 12.3. The minimum Gasteiger partial charge on any atom is -0.397 e. The number of hydrogen-bond donors (Lipinski definition) is 1. The fraction of sp³-hybridized carbons (Fsp3) is 0.154. The van der Waals surface area contributed by atoms with Gasteiger partial charge in [-0.1, -0.05) is 23.7 Å². The van der Waals surface area contributed by atoms with E-state index in [1.54, 1.807) is 18.0 Å². The van der Waals surface area contributed by atoms with E-state index in [1.165, 1.54) is 5.56 Å². The lowest BCUT2D eigenvalue weighted by Crippen LogP contribution is -1.88. The largest absolute Gasteiger partial charge is 0.397 e. The lowest BCUT2D eigenvalue weighted by molar-refractivity contribution is 1.13. The third-order valence-corrected chi connectivity index (χ3v) is 3.69. The van der Waals surface area contributed by atoms with E-state index in [-0.39, 0.29) is 0 Å². The van der Waals surface area contributed by atoms with Gasteiger partial charge in [-0.2, -0.15) is 0 Å². The first-order valence-electron chi connectivity index (χ1n) is 5.24. The minimum absolute atomic E-state index is 0.683. The molecule has 0 aliphatic rings. The molecule has 0 aliphatic heterocycles. The minimum atomic E-state index is 0.683. The number of aryl methyl sites for hydroxylation is 1. The average Bonchev–Trinajstić information content (AvgIpc) is 2.30. The van der Waals surface area contributed by atoms with Gasteiger partial charge in [-0.15, -0.1) is 11.8 Å². The van der Waals surface area contributed by atoms with E-state index in [0.29, 0.717) is 5.69 Å². The van der Waals surface area contributed by atoms with E-state index >= 15 is 0 Å². The number of nitrogen functional groups attached to an aromatic ring is 1. The van der Waals surface area contributed by atoms with Gasteiger partial charge in [0.1, 0.15) is 0 Å². The zero-order valence-electron chi connectivity index (χ0n) is 9.48. The van der Waals surface area contributed by atoms with Crippen LogP contribution in [0.15, 0.2) is 41.6 Å². The van der Waals surface area contributed by atoms with Crippen molar-refractivity contribution in [1.82, 2.24) is 4.98 Å². The third-order valence-electron chi connectivity index (χ3n) is 2.34. The van der Waals surface area contributed by atoms with E-state index in [1.807, 2.05) is 25.1 Å². The van der Waals surface area contributed by atoms with E-state index in [9.17, 15) is 0 Å². The second-order valence-electron chi connectivity index (χ2n) is 3.81. The number of rotatable bonds is 3. The van der Waals surface area contributed by atoms with Crippen molar-refractivity contribution < 1.29 is 0 Å². The molecule has 0 saturated heterocycles. The van der Waals surface area contributed by atoms with Crippen LogP contribution in [0.2, 0.25) is 5.02 Å². The molecule has 88 valence electrons. The van der Waals surface area contributed by atoms with E-state index in [4.69, 9.17) is 17.3 Å². The van der Waals surface area contributed by atoms with Gasteiger partial charge in [0.15, 0.2) is 0 Å². The molecule has 2 N–H and O–H groups in total. The zero-order valence-corrected chi connectivity index (χ0v) is 11.1. The van der Waals surface area contributed by atoms with Gasteiger partial charge in [0.2, 0.25) is 0 Å². The zero-order chi connectivity index (χ0) is 12.3. The molecular weight excluding hydrogens is 252 g/mol. The maximum atomic E-state index is 6.17. The molecule has 0 amide bonds. The molecule has 2 nitrogen and oxygen atoms in total. The van der Waals surface area contributed by atoms with Crippen molar-refractivity contribution >= 4 is 29.1 Å². The van der Waals surface area contributed by atoms with Crippen molar-refractivity contribution in [3.8, 4) is 0 Å². The molecule has 0 fully saturated rings. The Labute approximate surface area is 110 Å². The molecule has 1 aromatic heterocycles. The standard InChI is InChI=1S/C13H13ClN2S/c1-9-2-3-10(12(14)6-9)8-17-13-5-4-11(15)7-16-13/h2-7H,8,15H2,1H3. The predicted molar refractivity (Wildman–Crippen MR) is 74.4 cm³/mol. The molecule has 0 aliphatic carbocycles. The van der Waals surface area contributed by atoms with E-state index < -0.39 is 0 Å². The van der Waals surface area contributed by atoms with Crippen molar-refractivity contribution in [3.05, 3.63) is 52.7 Å². The second-order valence-corrected chi connectivity index (χ2v) is 5.22. The van der Waals surface area contributed by atoms with Crippen LogP contribution in [0.3, 0.4) is 0 Å². The van der Waals surface area contributed by atoms with Gasteiger partial charge in [0.05, 0.1) is 16.9 Å². The highest BCUT2D eigenvalue weighted by atomic mass is 35.5.